The van der Waals surface area contributed by atoms with E-state index in [0.29, 0.717) is 5.69 Å². The van der Waals surface area contributed by atoms with Gasteiger partial charge in [-0.05, 0) is 24.9 Å². The lowest BCUT2D eigenvalue weighted by Crippen LogP contribution is -2.10. The first kappa shape index (κ1) is 11.6. The van der Waals surface area contributed by atoms with E-state index in [9.17, 15) is 13.2 Å². The SMILES string of the molecule is C=Nc1cc(C(F)(F)F)ccc1N(C)C. The van der Waals surface area contributed by atoms with Crippen molar-refractivity contribution in [3.8, 4) is 0 Å². The molecular weight excluding hydrogens is 205 g/mol. The smallest absolute Gasteiger partial charge is 0.376 e. The number of aliphatic imine (C=N–C) groups is 1. The van der Waals surface area contributed by atoms with E-state index in [1.165, 1.54) is 6.07 Å². The second-order valence-corrected chi connectivity index (χ2v) is 3.25. The highest BCUT2D eigenvalue weighted by molar-refractivity contribution is 5.69. The van der Waals surface area contributed by atoms with Crippen LogP contribution in [0.1, 0.15) is 5.56 Å². The van der Waals surface area contributed by atoms with Crippen molar-refractivity contribution in [2.45, 2.75) is 6.18 Å². The molecule has 0 aromatic heterocycles. The van der Waals surface area contributed by atoms with Crippen LogP contribution in [0.2, 0.25) is 0 Å². The average molecular weight is 216 g/mol. The van der Waals surface area contributed by atoms with E-state index in [-0.39, 0.29) is 5.69 Å². The fourth-order valence-electron chi connectivity index (χ4n) is 1.20. The van der Waals surface area contributed by atoms with Crippen molar-refractivity contribution in [1.82, 2.24) is 0 Å². The Bertz CT molecular complexity index is 369. The Hall–Kier alpha value is -1.52. The molecule has 1 aromatic rings. The summed E-state index contributed by atoms with van der Waals surface area (Å²) in [5, 5.41) is 0. The molecule has 0 aliphatic carbocycles. The molecule has 0 bridgehead atoms. The fourth-order valence-corrected chi connectivity index (χ4v) is 1.20. The van der Waals surface area contributed by atoms with Crippen molar-refractivity contribution >= 4 is 18.1 Å². The van der Waals surface area contributed by atoms with Crippen LogP contribution < -0.4 is 4.90 Å². The molecule has 5 heteroatoms. The summed E-state index contributed by atoms with van der Waals surface area (Å²) in [7, 11) is 3.47. The molecule has 0 aliphatic rings. The molecule has 0 heterocycles. The second kappa shape index (κ2) is 3.92. The van der Waals surface area contributed by atoms with Gasteiger partial charge >= 0.3 is 6.18 Å². The Morgan fingerprint density at radius 1 is 1.27 bits per heavy atom. The Kier molecular flexibility index (Phi) is 3.02. The van der Waals surface area contributed by atoms with Gasteiger partial charge in [-0.25, -0.2) is 0 Å². The molecule has 0 unspecified atom stereocenters. The summed E-state index contributed by atoms with van der Waals surface area (Å²) < 4.78 is 37.1. The van der Waals surface area contributed by atoms with Gasteiger partial charge in [-0.15, -0.1) is 0 Å². The molecule has 0 spiro atoms. The molecule has 0 aliphatic heterocycles. The standard InChI is InChI=1S/C10H11F3N2/c1-14-8-6-7(10(11,12)13)4-5-9(8)15(2)3/h4-6H,1H2,2-3H3. The van der Waals surface area contributed by atoms with Crippen molar-refractivity contribution in [2.75, 3.05) is 19.0 Å². The van der Waals surface area contributed by atoms with Gasteiger partial charge < -0.3 is 4.90 Å². The number of nitrogens with zero attached hydrogens (tertiary/aromatic N) is 2. The van der Waals surface area contributed by atoms with Crippen molar-refractivity contribution in [2.24, 2.45) is 4.99 Å². The van der Waals surface area contributed by atoms with E-state index >= 15 is 0 Å². The van der Waals surface area contributed by atoms with Gasteiger partial charge in [-0.3, -0.25) is 4.99 Å². The lowest BCUT2D eigenvalue weighted by Gasteiger charge is -2.16. The molecule has 0 saturated heterocycles. The Morgan fingerprint density at radius 2 is 1.87 bits per heavy atom. The monoisotopic (exact) mass is 216 g/mol. The number of halogens is 3. The first-order chi connectivity index (χ1) is 6.86. The van der Waals surface area contributed by atoms with E-state index in [2.05, 4.69) is 11.7 Å². The molecule has 1 aromatic carbocycles. The predicted octanol–water partition coefficient (Wildman–Crippen LogP) is 3.10. The van der Waals surface area contributed by atoms with Crippen LogP contribution in [-0.2, 0) is 6.18 Å². The maximum atomic E-state index is 12.4. The molecular formula is C10H11F3N2. The van der Waals surface area contributed by atoms with Crippen molar-refractivity contribution in [3.63, 3.8) is 0 Å². The molecule has 0 radical (unpaired) electrons. The quantitative estimate of drug-likeness (QED) is 0.693. The highest BCUT2D eigenvalue weighted by atomic mass is 19.4. The van der Waals surface area contributed by atoms with Gasteiger partial charge in [-0.2, -0.15) is 13.2 Å². The zero-order chi connectivity index (χ0) is 11.6. The van der Waals surface area contributed by atoms with Gasteiger partial charge in [0.15, 0.2) is 0 Å². The molecule has 0 saturated carbocycles. The largest absolute Gasteiger partial charge is 0.416 e. The summed E-state index contributed by atoms with van der Waals surface area (Å²) in [5.74, 6) is 0. The fraction of sp³-hybridized carbons (Fsp3) is 0.300. The molecule has 0 fully saturated rings. The Labute approximate surface area is 86.0 Å². The zero-order valence-corrected chi connectivity index (χ0v) is 8.47. The topological polar surface area (TPSA) is 15.6 Å². The van der Waals surface area contributed by atoms with Gasteiger partial charge in [0.25, 0.3) is 0 Å². The van der Waals surface area contributed by atoms with Crippen molar-refractivity contribution in [1.29, 1.82) is 0 Å². The summed E-state index contributed by atoms with van der Waals surface area (Å²) in [5.41, 5.74) is 0.128. The molecule has 15 heavy (non-hydrogen) atoms. The number of hydrogen-bond acceptors (Lipinski definition) is 2. The summed E-state index contributed by atoms with van der Waals surface area (Å²) >= 11 is 0. The number of anilines is 1. The summed E-state index contributed by atoms with van der Waals surface area (Å²) in [6.07, 6.45) is -4.34. The first-order valence-corrected chi connectivity index (χ1v) is 4.21. The van der Waals surface area contributed by atoms with Gasteiger partial charge in [0, 0.05) is 14.1 Å². The van der Waals surface area contributed by atoms with Crippen LogP contribution in [0.5, 0.6) is 0 Å². The lowest BCUT2D eigenvalue weighted by atomic mass is 10.1. The van der Waals surface area contributed by atoms with Gasteiger partial charge in [0.2, 0.25) is 0 Å². The molecule has 82 valence electrons. The van der Waals surface area contributed by atoms with Crippen molar-refractivity contribution in [3.05, 3.63) is 23.8 Å². The Balaban J connectivity index is 3.25. The molecule has 2 nitrogen and oxygen atoms in total. The maximum Gasteiger partial charge on any atom is 0.416 e. The first-order valence-electron chi connectivity index (χ1n) is 4.21. The van der Waals surface area contributed by atoms with Gasteiger partial charge in [0.05, 0.1) is 16.9 Å². The summed E-state index contributed by atoms with van der Waals surface area (Å²) in [6.45, 7) is 3.25. The number of benzene rings is 1. The number of alkyl halides is 3. The van der Waals surface area contributed by atoms with E-state index in [4.69, 9.17) is 0 Å². The third-order valence-corrected chi connectivity index (χ3v) is 1.95. The molecule has 0 N–H and O–H groups in total. The third-order valence-electron chi connectivity index (χ3n) is 1.95. The normalized spacial score (nSPS) is 11.3. The summed E-state index contributed by atoms with van der Waals surface area (Å²) in [4.78, 5) is 5.26. The highest BCUT2D eigenvalue weighted by Gasteiger charge is 2.31. The van der Waals surface area contributed by atoms with Crippen LogP contribution in [-0.4, -0.2) is 20.8 Å². The van der Waals surface area contributed by atoms with Crippen LogP contribution in [0.3, 0.4) is 0 Å². The minimum absolute atomic E-state index is 0.231. The lowest BCUT2D eigenvalue weighted by molar-refractivity contribution is -0.137. The Morgan fingerprint density at radius 3 is 2.27 bits per heavy atom. The number of rotatable bonds is 2. The summed E-state index contributed by atoms with van der Waals surface area (Å²) in [6, 6.07) is 3.40. The third kappa shape index (κ3) is 2.49. The molecule has 0 amide bonds. The zero-order valence-electron chi connectivity index (χ0n) is 8.47. The van der Waals surface area contributed by atoms with Crippen LogP contribution in [0.25, 0.3) is 0 Å². The highest BCUT2D eigenvalue weighted by Crippen LogP contribution is 2.35. The predicted molar refractivity (Wildman–Crippen MR) is 55.0 cm³/mol. The van der Waals surface area contributed by atoms with E-state index in [1.54, 1.807) is 19.0 Å². The molecule has 1 rings (SSSR count). The van der Waals surface area contributed by atoms with Crippen LogP contribution in [0.15, 0.2) is 23.2 Å². The minimum atomic E-state index is -4.34. The second-order valence-electron chi connectivity index (χ2n) is 3.25. The van der Waals surface area contributed by atoms with E-state index in [1.807, 2.05) is 0 Å². The van der Waals surface area contributed by atoms with Gasteiger partial charge in [-0.1, -0.05) is 0 Å². The van der Waals surface area contributed by atoms with E-state index < -0.39 is 11.7 Å². The van der Waals surface area contributed by atoms with Gasteiger partial charge in [0.1, 0.15) is 0 Å². The van der Waals surface area contributed by atoms with Crippen LogP contribution in [0.4, 0.5) is 24.5 Å². The van der Waals surface area contributed by atoms with Crippen LogP contribution in [0, 0.1) is 0 Å². The minimum Gasteiger partial charge on any atom is -0.376 e. The molecule has 0 atom stereocenters. The maximum absolute atomic E-state index is 12.4. The van der Waals surface area contributed by atoms with Crippen LogP contribution >= 0.6 is 0 Å². The van der Waals surface area contributed by atoms with E-state index in [0.717, 1.165) is 12.1 Å². The van der Waals surface area contributed by atoms with Crippen molar-refractivity contribution < 1.29 is 13.2 Å². The number of hydrogen-bond donors (Lipinski definition) is 0. The average Bonchev–Trinajstić information content (AvgIpc) is 2.15.